The molecule has 5 aliphatic carbocycles. The summed E-state index contributed by atoms with van der Waals surface area (Å²) in [6, 6.07) is 0. The number of hydrogen-bond donors (Lipinski definition) is 1. The smallest absolute Gasteiger partial charge is 0.186 e. The molecule has 7 fully saturated rings. The highest BCUT2D eigenvalue weighted by Crippen LogP contribution is 2.78. The summed E-state index contributed by atoms with van der Waals surface area (Å²) < 4.78 is 24.2. The molecular weight excluding hydrogens is 548 g/mol. The molecule has 1 N–H and O–H groups in total. The quantitative estimate of drug-likeness (QED) is 0.336. The number of fused-ring (bicyclic) bond motifs is 8. The van der Waals surface area contributed by atoms with Gasteiger partial charge in [0, 0.05) is 7.11 Å². The van der Waals surface area contributed by atoms with Gasteiger partial charge < -0.3 is 24.1 Å². The van der Waals surface area contributed by atoms with Crippen molar-refractivity contribution in [2.75, 3.05) is 7.11 Å². The minimum absolute atomic E-state index is 0.288. The lowest BCUT2D eigenvalue weighted by Crippen LogP contribution is -2.65. The SMILES string of the molecule is CO[C@@H]1O[C@H]([C@@H](O)CC(C)[C@H]2CC[C@]3(C)[C@H]4CC[C@@H]5[C@@]6(C)CCCC(C)(C)[C@@H]6CC[C@@]5(C)[C@]4(C)CC[C@@H]23)[C@H]2OC(C)(C)O[C@@H]12. The standard InChI is InChI=1S/C39H66O5/c1-23(22-26(40)30-31-32(33(41-10)42-30)44-35(4,5)43-31)24-14-19-36(6)25(24)15-20-38(8)28(36)12-13-29-37(7)18-11-17-34(2,3)27(37)16-21-39(29,38)9/h23-33,40H,11-22H2,1-10H3/t23?,24-,25+,26+,27+,28-,29-,30-,31-,32-,33-,36+,37+,38-,39-/m1/s1. The summed E-state index contributed by atoms with van der Waals surface area (Å²) in [5.41, 5.74) is 2.31. The monoisotopic (exact) mass is 614 g/mol. The van der Waals surface area contributed by atoms with E-state index in [4.69, 9.17) is 18.9 Å². The molecule has 0 aromatic heterocycles. The van der Waals surface area contributed by atoms with E-state index in [1.165, 1.54) is 70.6 Å². The van der Waals surface area contributed by atoms with Gasteiger partial charge in [-0.25, -0.2) is 0 Å². The van der Waals surface area contributed by atoms with E-state index >= 15 is 0 Å². The number of hydrogen-bond acceptors (Lipinski definition) is 5. The van der Waals surface area contributed by atoms with E-state index in [1.54, 1.807) is 7.11 Å². The first kappa shape index (κ1) is 32.4. The molecule has 15 atom stereocenters. The maximum absolute atomic E-state index is 11.6. The minimum Gasteiger partial charge on any atom is -0.390 e. The Morgan fingerprint density at radius 3 is 2.05 bits per heavy atom. The van der Waals surface area contributed by atoms with Gasteiger partial charge in [-0.2, -0.15) is 0 Å². The lowest BCUT2D eigenvalue weighted by Gasteiger charge is -2.73. The fraction of sp³-hybridized carbons (Fsp3) is 1.00. The first-order valence-corrected chi connectivity index (χ1v) is 18.7. The highest BCUT2D eigenvalue weighted by atomic mass is 16.8. The van der Waals surface area contributed by atoms with Crippen LogP contribution in [-0.4, -0.2) is 48.7 Å². The fourth-order valence-electron chi connectivity index (χ4n) is 14.8. The zero-order valence-corrected chi connectivity index (χ0v) is 29.9. The molecule has 252 valence electrons. The number of methoxy groups -OCH3 is 1. The Labute approximate surface area is 269 Å². The number of rotatable bonds is 5. The van der Waals surface area contributed by atoms with Crippen LogP contribution in [0.25, 0.3) is 0 Å². The third-order valence-corrected chi connectivity index (χ3v) is 16.8. The van der Waals surface area contributed by atoms with E-state index in [2.05, 4.69) is 48.5 Å². The molecule has 2 heterocycles. The molecule has 0 amide bonds. The van der Waals surface area contributed by atoms with E-state index in [0.29, 0.717) is 38.9 Å². The third kappa shape index (κ3) is 4.40. The lowest BCUT2D eigenvalue weighted by atomic mass is 9.32. The molecule has 5 heteroatoms. The van der Waals surface area contributed by atoms with Crippen LogP contribution in [-0.2, 0) is 18.9 Å². The van der Waals surface area contributed by atoms with Gasteiger partial charge in [0.2, 0.25) is 0 Å². The van der Waals surface area contributed by atoms with Gasteiger partial charge in [-0.05, 0) is 147 Å². The predicted octanol–water partition coefficient (Wildman–Crippen LogP) is 8.76. The van der Waals surface area contributed by atoms with Gasteiger partial charge in [0.1, 0.15) is 18.3 Å². The number of aliphatic hydroxyl groups is 1. The highest BCUT2D eigenvalue weighted by molar-refractivity contribution is 5.19. The Morgan fingerprint density at radius 2 is 1.36 bits per heavy atom. The number of aliphatic hydroxyl groups excluding tert-OH is 1. The molecule has 0 aromatic carbocycles. The van der Waals surface area contributed by atoms with Crippen LogP contribution in [0.3, 0.4) is 0 Å². The highest BCUT2D eigenvalue weighted by Gasteiger charge is 2.70. The Kier molecular flexibility index (Phi) is 7.65. The molecule has 1 unspecified atom stereocenters. The van der Waals surface area contributed by atoms with Gasteiger partial charge >= 0.3 is 0 Å². The van der Waals surface area contributed by atoms with Gasteiger partial charge in [0.05, 0.1) is 6.10 Å². The van der Waals surface area contributed by atoms with Crippen molar-refractivity contribution < 1.29 is 24.1 Å². The van der Waals surface area contributed by atoms with Crippen molar-refractivity contribution in [1.29, 1.82) is 0 Å². The fourth-order valence-corrected chi connectivity index (χ4v) is 14.8. The van der Waals surface area contributed by atoms with Crippen molar-refractivity contribution in [2.24, 2.45) is 62.6 Å². The van der Waals surface area contributed by atoms with Crippen LogP contribution in [0.4, 0.5) is 0 Å². The molecule has 7 aliphatic rings. The zero-order valence-electron chi connectivity index (χ0n) is 29.9. The van der Waals surface area contributed by atoms with Crippen molar-refractivity contribution in [1.82, 2.24) is 0 Å². The predicted molar refractivity (Wildman–Crippen MR) is 174 cm³/mol. The van der Waals surface area contributed by atoms with Gasteiger partial charge in [-0.3, -0.25) is 0 Å². The first-order valence-electron chi connectivity index (χ1n) is 18.7. The maximum Gasteiger partial charge on any atom is 0.186 e. The Bertz CT molecular complexity index is 1100. The van der Waals surface area contributed by atoms with Crippen molar-refractivity contribution in [3.8, 4) is 0 Å². The minimum atomic E-state index is -0.680. The van der Waals surface area contributed by atoms with Crippen LogP contribution in [0.1, 0.15) is 139 Å². The Hall–Kier alpha value is -0.200. The topological polar surface area (TPSA) is 57.2 Å². The molecule has 44 heavy (non-hydrogen) atoms. The summed E-state index contributed by atoms with van der Waals surface area (Å²) in [5.74, 6) is 3.79. The van der Waals surface area contributed by atoms with Gasteiger partial charge in [0.25, 0.3) is 0 Å². The van der Waals surface area contributed by atoms with Crippen LogP contribution >= 0.6 is 0 Å². The summed E-state index contributed by atoms with van der Waals surface area (Å²) in [4.78, 5) is 0. The average molecular weight is 615 g/mol. The molecule has 7 rings (SSSR count). The molecule has 0 radical (unpaired) electrons. The van der Waals surface area contributed by atoms with E-state index in [1.807, 2.05) is 13.8 Å². The van der Waals surface area contributed by atoms with Crippen molar-refractivity contribution in [3.63, 3.8) is 0 Å². The molecule has 2 aliphatic heterocycles. The number of ether oxygens (including phenoxy) is 4. The van der Waals surface area contributed by atoms with Crippen molar-refractivity contribution in [2.45, 2.75) is 176 Å². The van der Waals surface area contributed by atoms with Crippen LogP contribution < -0.4 is 0 Å². The molecule has 0 bridgehead atoms. The second kappa shape index (κ2) is 10.4. The lowest BCUT2D eigenvalue weighted by molar-refractivity contribution is -0.242. The molecule has 0 spiro atoms. The van der Waals surface area contributed by atoms with E-state index in [0.717, 1.165) is 30.1 Å². The van der Waals surface area contributed by atoms with Gasteiger partial charge in [0.15, 0.2) is 12.1 Å². The molecular formula is C39H66O5. The van der Waals surface area contributed by atoms with E-state index in [-0.39, 0.29) is 12.2 Å². The summed E-state index contributed by atoms with van der Waals surface area (Å²) in [5, 5.41) is 11.6. The normalized spacial score (nSPS) is 55.3. The maximum atomic E-state index is 11.6. The third-order valence-electron chi connectivity index (χ3n) is 16.8. The van der Waals surface area contributed by atoms with Crippen LogP contribution in [0.15, 0.2) is 0 Å². The van der Waals surface area contributed by atoms with Crippen molar-refractivity contribution >= 4 is 0 Å². The summed E-state index contributed by atoms with van der Waals surface area (Å²) >= 11 is 0. The van der Waals surface area contributed by atoms with E-state index < -0.39 is 24.3 Å². The van der Waals surface area contributed by atoms with Crippen LogP contribution in [0, 0.1) is 62.6 Å². The molecule has 0 aromatic rings. The average Bonchev–Trinajstić information content (AvgIpc) is 3.55. The van der Waals surface area contributed by atoms with Crippen molar-refractivity contribution in [3.05, 3.63) is 0 Å². The zero-order chi connectivity index (χ0) is 31.7. The van der Waals surface area contributed by atoms with Gasteiger partial charge in [-0.1, -0.05) is 54.9 Å². The summed E-state index contributed by atoms with van der Waals surface area (Å²) in [6.45, 7) is 22.5. The molecule has 5 saturated carbocycles. The molecule has 2 saturated heterocycles. The summed E-state index contributed by atoms with van der Waals surface area (Å²) in [6.07, 6.45) is 14.2. The molecule has 5 nitrogen and oxygen atoms in total. The Morgan fingerprint density at radius 1 is 0.727 bits per heavy atom. The van der Waals surface area contributed by atoms with Crippen LogP contribution in [0.5, 0.6) is 0 Å². The summed E-state index contributed by atoms with van der Waals surface area (Å²) in [7, 11) is 1.65. The largest absolute Gasteiger partial charge is 0.390 e. The van der Waals surface area contributed by atoms with Gasteiger partial charge in [-0.15, -0.1) is 0 Å². The second-order valence-electron chi connectivity index (χ2n) is 19.4. The first-order chi connectivity index (χ1) is 20.5. The van der Waals surface area contributed by atoms with E-state index in [9.17, 15) is 5.11 Å². The second-order valence-corrected chi connectivity index (χ2v) is 19.4. The van der Waals surface area contributed by atoms with Crippen LogP contribution in [0.2, 0.25) is 0 Å². The Balaban J connectivity index is 1.08.